The molecule has 27 heavy (non-hydrogen) atoms. The number of hydrogen-bond acceptors (Lipinski definition) is 5. The first-order valence-corrected chi connectivity index (χ1v) is 9.55. The number of likely N-dealkylation sites (N-methyl/N-ethyl adjacent to an activating group) is 1. The van der Waals surface area contributed by atoms with E-state index < -0.39 is 12.1 Å². The highest BCUT2D eigenvalue weighted by molar-refractivity contribution is 7.10. The molecule has 0 saturated carbocycles. The second-order valence-electron chi connectivity index (χ2n) is 6.38. The summed E-state index contributed by atoms with van der Waals surface area (Å²) in [6.07, 6.45) is 8.54. The molecule has 140 valence electrons. The van der Waals surface area contributed by atoms with Crippen LogP contribution >= 0.6 is 11.3 Å². The average Bonchev–Trinajstić information content (AvgIpc) is 3.14. The van der Waals surface area contributed by atoms with E-state index in [4.69, 9.17) is 6.42 Å². The lowest BCUT2D eigenvalue weighted by atomic mass is 9.97. The largest absolute Gasteiger partial charge is 0.394 e. The van der Waals surface area contributed by atoms with Crippen LogP contribution in [0.15, 0.2) is 35.7 Å². The maximum Gasteiger partial charge on any atom is 0.320 e. The number of benzene rings is 1. The van der Waals surface area contributed by atoms with Crippen molar-refractivity contribution >= 4 is 28.8 Å². The minimum Gasteiger partial charge on any atom is -0.394 e. The molecular weight excluding hydrogens is 360 g/mol. The van der Waals surface area contributed by atoms with E-state index >= 15 is 0 Å². The molecule has 0 radical (unpaired) electrons. The summed E-state index contributed by atoms with van der Waals surface area (Å²) in [6.45, 7) is 1.80. The van der Waals surface area contributed by atoms with Crippen LogP contribution in [0.4, 0.5) is 10.6 Å². The fourth-order valence-electron chi connectivity index (χ4n) is 2.90. The third-order valence-electron chi connectivity index (χ3n) is 4.45. The Kier molecular flexibility index (Phi) is 6.24. The van der Waals surface area contributed by atoms with Crippen LogP contribution in [-0.2, 0) is 0 Å². The van der Waals surface area contributed by atoms with Gasteiger partial charge in [0.05, 0.1) is 12.6 Å². The number of thiazole rings is 1. The molecule has 2 amide bonds. The highest BCUT2D eigenvalue weighted by Gasteiger charge is 2.16. The molecular formula is C20H22N4O2S. The molecule has 0 fully saturated rings. The lowest BCUT2D eigenvalue weighted by molar-refractivity contribution is 0.225. The van der Waals surface area contributed by atoms with Gasteiger partial charge in [-0.25, -0.2) is 9.78 Å². The van der Waals surface area contributed by atoms with Crippen LogP contribution in [0, 0.1) is 12.3 Å². The van der Waals surface area contributed by atoms with Gasteiger partial charge in [-0.15, -0.1) is 17.8 Å². The summed E-state index contributed by atoms with van der Waals surface area (Å²) < 4.78 is 0. The van der Waals surface area contributed by atoms with E-state index in [2.05, 4.69) is 39.6 Å². The lowest BCUT2D eigenvalue weighted by Gasteiger charge is -2.22. The van der Waals surface area contributed by atoms with E-state index in [9.17, 15) is 9.90 Å². The standard InChI is InChI=1S/C20H22N4O2S/c1-3-19-22-18(13-27-19)23-20(26)21-17(12-25)16-6-4-14(5-7-16)15-8-10-24(2)11-9-15/h1,4-8,13,17,25H,9-12H2,2H3,(H2,21,23,26)/t17-/m0/s1. The normalized spacial score (nSPS) is 15.5. The number of anilines is 1. The molecule has 0 bridgehead atoms. The Morgan fingerprint density at radius 1 is 1.44 bits per heavy atom. The van der Waals surface area contributed by atoms with Crippen molar-refractivity contribution in [3.05, 3.63) is 51.9 Å². The fourth-order valence-corrected chi connectivity index (χ4v) is 3.46. The SMILES string of the molecule is C#Cc1nc(NC(=O)N[C@@H](CO)c2ccc(C3=CCN(C)CC3)cc2)cs1. The third kappa shape index (κ3) is 4.95. The van der Waals surface area contributed by atoms with Gasteiger partial charge in [0.25, 0.3) is 0 Å². The summed E-state index contributed by atoms with van der Waals surface area (Å²) in [4.78, 5) is 18.5. The van der Waals surface area contributed by atoms with Crippen molar-refractivity contribution < 1.29 is 9.90 Å². The molecule has 2 aromatic rings. The van der Waals surface area contributed by atoms with Gasteiger partial charge in [-0.1, -0.05) is 30.3 Å². The number of nitrogens with zero attached hydrogens (tertiary/aromatic N) is 2. The van der Waals surface area contributed by atoms with Gasteiger partial charge in [0.1, 0.15) is 5.82 Å². The van der Waals surface area contributed by atoms with Gasteiger partial charge in [-0.05, 0) is 36.1 Å². The Morgan fingerprint density at radius 3 is 2.81 bits per heavy atom. The van der Waals surface area contributed by atoms with Crippen molar-refractivity contribution in [2.24, 2.45) is 0 Å². The predicted molar refractivity (Wildman–Crippen MR) is 109 cm³/mol. The highest BCUT2D eigenvalue weighted by Crippen LogP contribution is 2.24. The van der Waals surface area contributed by atoms with Gasteiger partial charge in [0.2, 0.25) is 0 Å². The first-order valence-electron chi connectivity index (χ1n) is 8.67. The Hall–Kier alpha value is -2.66. The smallest absolute Gasteiger partial charge is 0.320 e. The number of rotatable bonds is 5. The molecule has 1 atom stereocenters. The topological polar surface area (TPSA) is 77.5 Å². The minimum absolute atomic E-state index is 0.201. The number of aromatic nitrogens is 1. The molecule has 1 aromatic heterocycles. The number of carbonyl (C=O) groups is 1. The van der Waals surface area contributed by atoms with Gasteiger partial charge >= 0.3 is 6.03 Å². The molecule has 3 rings (SSSR count). The summed E-state index contributed by atoms with van der Waals surface area (Å²) in [5.74, 6) is 2.82. The second kappa shape index (κ2) is 8.82. The quantitative estimate of drug-likeness (QED) is 0.695. The Labute approximate surface area is 162 Å². The van der Waals surface area contributed by atoms with Crippen LogP contribution < -0.4 is 10.6 Å². The van der Waals surface area contributed by atoms with E-state index in [1.807, 2.05) is 24.3 Å². The molecule has 7 heteroatoms. The molecule has 0 unspecified atom stereocenters. The van der Waals surface area contributed by atoms with Crippen LogP contribution in [-0.4, -0.2) is 47.8 Å². The van der Waals surface area contributed by atoms with Crippen molar-refractivity contribution in [2.75, 3.05) is 32.1 Å². The van der Waals surface area contributed by atoms with Crippen LogP contribution in [0.5, 0.6) is 0 Å². The molecule has 3 N–H and O–H groups in total. The van der Waals surface area contributed by atoms with E-state index in [0.717, 1.165) is 25.1 Å². The van der Waals surface area contributed by atoms with Crippen molar-refractivity contribution in [3.63, 3.8) is 0 Å². The van der Waals surface area contributed by atoms with Gasteiger partial charge in [0.15, 0.2) is 5.01 Å². The Balaban J connectivity index is 1.63. The molecule has 0 aliphatic carbocycles. The van der Waals surface area contributed by atoms with Gasteiger partial charge in [-0.3, -0.25) is 5.32 Å². The van der Waals surface area contributed by atoms with Crippen molar-refractivity contribution in [1.29, 1.82) is 0 Å². The summed E-state index contributed by atoms with van der Waals surface area (Å²) >= 11 is 1.28. The number of nitrogens with one attached hydrogen (secondary N) is 2. The Morgan fingerprint density at radius 2 is 2.22 bits per heavy atom. The van der Waals surface area contributed by atoms with Crippen LogP contribution in [0.1, 0.15) is 28.6 Å². The van der Waals surface area contributed by atoms with Crippen molar-refractivity contribution in [3.8, 4) is 12.3 Å². The van der Waals surface area contributed by atoms with E-state index in [1.54, 1.807) is 5.38 Å². The number of carbonyl (C=O) groups excluding carboxylic acids is 1. The van der Waals surface area contributed by atoms with Crippen LogP contribution in [0.3, 0.4) is 0 Å². The number of aliphatic hydroxyl groups excluding tert-OH is 1. The molecule has 2 heterocycles. The molecule has 1 aliphatic rings. The third-order valence-corrected chi connectivity index (χ3v) is 5.23. The number of terminal acetylenes is 1. The van der Waals surface area contributed by atoms with Crippen molar-refractivity contribution in [2.45, 2.75) is 12.5 Å². The van der Waals surface area contributed by atoms with Crippen LogP contribution in [0.25, 0.3) is 5.57 Å². The summed E-state index contributed by atoms with van der Waals surface area (Å²) in [7, 11) is 2.11. The van der Waals surface area contributed by atoms with Gasteiger partial charge in [-0.2, -0.15) is 0 Å². The van der Waals surface area contributed by atoms with E-state index in [1.165, 1.54) is 22.5 Å². The zero-order chi connectivity index (χ0) is 19.2. The Bertz CT molecular complexity index is 867. The van der Waals surface area contributed by atoms with Crippen molar-refractivity contribution in [1.82, 2.24) is 15.2 Å². The lowest BCUT2D eigenvalue weighted by Crippen LogP contribution is -2.34. The zero-order valence-electron chi connectivity index (χ0n) is 15.1. The number of aliphatic hydroxyl groups is 1. The average molecular weight is 382 g/mol. The van der Waals surface area contributed by atoms with Crippen LogP contribution in [0.2, 0.25) is 0 Å². The monoisotopic (exact) mass is 382 g/mol. The molecule has 0 spiro atoms. The first-order chi connectivity index (χ1) is 13.1. The molecule has 1 aliphatic heterocycles. The predicted octanol–water partition coefficient (Wildman–Crippen LogP) is 2.70. The summed E-state index contributed by atoms with van der Waals surface area (Å²) in [5, 5.41) is 17.2. The van der Waals surface area contributed by atoms with E-state index in [-0.39, 0.29) is 6.61 Å². The maximum absolute atomic E-state index is 12.2. The number of hydrogen-bond donors (Lipinski definition) is 3. The zero-order valence-corrected chi connectivity index (χ0v) is 15.9. The summed E-state index contributed by atoms with van der Waals surface area (Å²) in [6, 6.07) is 7.01. The molecule has 6 nitrogen and oxygen atoms in total. The molecule has 1 aromatic carbocycles. The number of amides is 2. The second-order valence-corrected chi connectivity index (χ2v) is 7.24. The maximum atomic E-state index is 12.2. The minimum atomic E-state index is -0.503. The number of urea groups is 1. The van der Waals surface area contributed by atoms with E-state index in [0.29, 0.717) is 10.8 Å². The van der Waals surface area contributed by atoms with Gasteiger partial charge in [0, 0.05) is 18.5 Å². The fraction of sp³-hybridized carbons (Fsp3) is 0.300. The summed E-state index contributed by atoms with van der Waals surface area (Å²) in [5.41, 5.74) is 3.35. The molecule has 0 saturated heterocycles. The van der Waals surface area contributed by atoms with Gasteiger partial charge < -0.3 is 15.3 Å². The first kappa shape index (κ1) is 19.1. The highest BCUT2D eigenvalue weighted by atomic mass is 32.1.